The Balaban J connectivity index is 2.11. The summed E-state index contributed by atoms with van der Waals surface area (Å²) < 4.78 is 4.24. The van der Waals surface area contributed by atoms with E-state index in [0.717, 1.165) is 11.7 Å². The minimum absolute atomic E-state index is 0.577. The van der Waals surface area contributed by atoms with Gasteiger partial charge in [-0.05, 0) is 25.2 Å². The topological polar surface area (TPSA) is 51.8 Å². The molecule has 1 saturated carbocycles. The summed E-state index contributed by atoms with van der Waals surface area (Å²) >= 11 is 1.31. The Kier molecular flexibility index (Phi) is 2.00. The minimum atomic E-state index is 0.577. The Labute approximate surface area is 76.2 Å². The van der Waals surface area contributed by atoms with Crippen LogP contribution in [0.4, 0.5) is 5.13 Å². The summed E-state index contributed by atoms with van der Waals surface area (Å²) in [5, 5.41) is 0.601. The standard InChI is InChI=1S/C8H13N3S/c1-5-2-3-6(4-5)7-10-8(9)12-11-7/h5-6H,2-4H2,1H3,(H2,9,10,11). The van der Waals surface area contributed by atoms with Crippen molar-refractivity contribution >= 4 is 16.7 Å². The lowest BCUT2D eigenvalue weighted by Gasteiger charge is -2.02. The smallest absolute Gasteiger partial charge is 0.199 e. The van der Waals surface area contributed by atoms with Crippen LogP contribution in [0.25, 0.3) is 0 Å². The summed E-state index contributed by atoms with van der Waals surface area (Å²) in [6, 6.07) is 0. The zero-order chi connectivity index (χ0) is 8.55. The maximum absolute atomic E-state index is 5.53. The average Bonchev–Trinajstić information content (AvgIpc) is 2.58. The summed E-state index contributed by atoms with van der Waals surface area (Å²) in [5.74, 6) is 2.38. The molecule has 2 rings (SSSR count). The number of nitrogen functional groups attached to an aromatic ring is 1. The van der Waals surface area contributed by atoms with Crippen LogP contribution in [-0.2, 0) is 0 Å². The fraction of sp³-hybridized carbons (Fsp3) is 0.750. The number of hydrogen-bond donors (Lipinski definition) is 1. The van der Waals surface area contributed by atoms with Crippen LogP contribution in [0.2, 0.25) is 0 Å². The van der Waals surface area contributed by atoms with Crippen LogP contribution in [0.3, 0.4) is 0 Å². The molecule has 2 N–H and O–H groups in total. The van der Waals surface area contributed by atoms with Gasteiger partial charge in [0, 0.05) is 17.5 Å². The molecular weight excluding hydrogens is 170 g/mol. The molecule has 0 aromatic carbocycles. The van der Waals surface area contributed by atoms with Crippen molar-refractivity contribution in [2.24, 2.45) is 5.92 Å². The fourth-order valence-corrected chi connectivity index (χ4v) is 2.37. The van der Waals surface area contributed by atoms with Crippen molar-refractivity contribution < 1.29 is 0 Å². The van der Waals surface area contributed by atoms with E-state index < -0.39 is 0 Å². The SMILES string of the molecule is CC1CCC(c2nsc(N)n2)C1. The van der Waals surface area contributed by atoms with Gasteiger partial charge < -0.3 is 5.73 Å². The molecule has 0 spiro atoms. The Morgan fingerprint density at radius 1 is 1.50 bits per heavy atom. The summed E-state index contributed by atoms with van der Waals surface area (Å²) in [5.41, 5.74) is 5.53. The first-order valence-corrected chi connectivity index (χ1v) is 5.12. The number of nitrogens with two attached hydrogens (primary N) is 1. The first-order chi connectivity index (χ1) is 5.75. The monoisotopic (exact) mass is 183 g/mol. The second-order valence-corrected chi connectivity index (χ2v) is 4.39. The number of nitrogens with zero attached hydrogens (tertiary/aromatic N) is 2. The number of anilines is 1. The van der Waals surface area contributed by atoms with Gasteiger partial charge in [-0.15, -0.1) is 0 Å². The first-order valence-electron chi connectivity index (χ1n) is 4.35. The van der Waals surface area contributed by atoms with E-state index in [1.54, 1.807) is 0 Å². The van der Waals surface area contributed by atoms with Crippen molar-refractivity contribution in [3.8, 4) is 0 Å². The third kappa shape index (κ3) is 1.43. The van der Waals surface area contributed by atoms with Crippen LogP contribution < -0.4 is 5.73 Å². The van der Waals surface area contributed by atoms with Gasteiger partial charge in [-0.25, -0.2) is 4.98 Å². The van der Waals surface area contributed by atoms with E-state index >= 15 is 0 Å². The molecule has 1 aromatic heterocycles. The zero-order valence-electron chi connectivity index (χ0n) is 7.16. The minimum Gasteiger partial charge on any atom is -0.374 e. The fourth-order valence-electron chi connectivity index (χ4n) is 1.85. The van der Waals surface area contributed by atoms with Gasteiger partial charge in [0.05, 0.1) is 0 Å². The molecule has 3 nitrogen and oxygen atoms in total. The molecular formula is C8H13N3S. The molecule has 1 aromatic rings. The predicted octanol–water partition coefficient (Wildman–Crippen LogP) is 2.02. The maximum atomic E-state index is 5.53. The molecule has 0 radical (unpaired) electrons. The van der Waals surface area contributed by atoms with Crippen LogP contribution >= 0.6 is 11.5 Å². The van der Waals surface area contributed by atoms with Gasteiger partial charge in [0.1, 0.15) is 5.82 Å². The third-order valence-corrected chi connectivity index (χ3v) is 3.07. The Bertz CT molecular complexity index is 271. The van der Waals surface area contributed by atoms with Crippen LogP contribution in [0, 0.1) is 5.92 Å². The Hall–Kier alpha value is -0.640. The Morgan fingerprint density at radius 3 is 2.83 bits per heavy atom. The van der Waals surface area contributed by atoms with Gasteiger partial charge >= 0.3 is 0 Å². The van der Waals surface area contributed by atoms with Crippen molar-refractivity contribution in [3.63, 3.8) is 0 Å². The van der Waals surface area contributed by atoms with Crippen LogP contribution in [-0.4, -0.2) is 9.36 Å². The molecule has 0 amide bonds. The van der Waals surface area contributed by atoms with Crippen molar-refractivity contribution in [2.75, 3.05) is 5.73 Å². The van der Waals surface area contributed by atoms with Crippen molar-refractivity contribution in [2.45, 2.75) is 32.1 Å². The van der Waals surface area contributed by atoms with E-state index in [4.69, 9.17) is 5.73 Å². The molecule has 1 fully saturated rings. The van der Waals surface area contributed by atoms with E-state index in [2.05, 4.69) is 16.3 Å². The molecule has 0 aliphatic heterocycles. The number of aromatic nitrogens is 2. The van der Waals surface area contributed by atoms with Gasteiger partial charge in [-0.1, -0.05) is 6.92 Å². The lowest BCUT2D eigenvalue weighted by molar-refractivity contribution is 0.588. The Morgan fingerprint density at radius 2 is 2.33 bits per heavy atom. The average molecular weight is 183 g/mol. The molecule has 1 heterocycles. The van der Waals surface area contributed by atoms with Gasteiger partial charge in [-0.3, -0.25) is 0 Å². The highest BCUT2D eigenvalue weighted by molar-refractivity contribution is 7.09. The third-order valence-electron chi connectivity index (χ3n) is 2.52. The summed E-state index contributed by atoms with van der Waals surface area (Å²) in [4.78, 5) is 4.21. The lowest BCUT2D eigenvalue weighted by Crippen LogP contribution is -1.96. The van der Waals surface area contributed by atoms with Crippen LogP contribution in [0.5, 0.6) is 0 Å². The van der Waals surface area contributed by atoms with E-state index in [0.29, 0.717) is 11.0 Å². The molecule has 66 valence electrons. The number of rotatable bonds is 1. The van der Waals surface area contributed by atoms with Gasteiger partial charge in [0.15, 0.2) is 5.13 Å². The van der Waals surface area contributed by atoms with Crippen LogP contribution in [0.1, 0.15) is 37.9 Å². The lowest BCUT2D eigenvalue weighted by atomic mass is 10.1. The molecule has 0 saturated heterocycles. The zero-order valence-corrected chi connectivity index (χ0v) is 7.97. The quantitative estimate of drug-likeness (QED) is 0.724. The first kappa shape index (κ1) is 7.98. The summed E-state index contributed by atoms with van der Waals surface area (Å²) in [6.45, 7) is 2.29. The largest absolute Gasteiger partial charge is 0.374 e. The van der Waals surface area contributed by atoms with Crippen molar-refractivity contribution in [1.82, 2.24) is 9.36 Å². The van der Waals surface area contributed by atoms with Gasteiger partial charge in [-0.2, -0.15) is 4.37 Å². The highest BCUT2D eigenvalue weighted by Crippen LogP contribution is 2.36. The summed E-state index contributed by atoms with van der Waals surface area (Å²) in [7, 11) is 0. The van der Waals surface area contributed by atoms with E-state index in [9.17, 15) is 0 Å². The molecule has 1 aliphatic carbocycles. The molecule has 0 bridgehead atoms. The maximum Gasteiger partial charge on any atom is 0.199 e. The molecule has 12 heavy (non-hydrogen) atoms. The van der Waals surface area contributed by atoms with Crippen LogP contribution in [0.15, 0.2) is 0 Å². The van der Waals surface area contributed by atoms with E-state index in [1.165, 1.54) is 30.8 Å². The molecule has 2 unspecified atom stereocenters. The normalized spacial score (nSPS) is 29.4. The van der Waals surface area contributed by atoms with Gasteiger partial charge in [0.2, 0.25) is 0 Å². The molecule has 1 aliphatic rings. The van der Waals surface area contributed by atoms with Gasteiger partial charge in [0.25, 0.3) is 0 Å². The molecule has 4 heteroatoms. The summed E-state index contributed by atoms with van der Waals surface area (Å²) in [6.07, 6.45) is 3.78. The van der Waals surface area contributed by atoms with Crippen molar-refractivity contribution in [3.05, 3.63) is 5.82 Å². The van der Waals surface area contributed by atoms with E-state index in [1.807, 2.05) is 0 Å². The predicted molar refractivity (Wildman–Crippen MR) is 50.1 cm³/mol. The number of hydrogen-bond acceptors (Lipinski definition) is 4. The highest BCUT2D eigenvalue weighted by atomic mass is 32.1. The molecule has 2 atom stereocenters. The van der Waals surface area contributed by atoms with Crippen molar-refractivity contribution in [1.29, 1.82) is 0 Å². The second kappa shape index (κ2) is 3.01. The van der Waals surface area contributed by atoms with E-state index in [-0.39, 0.29) is 0 Å². The highest BCUT2D eigenvalue weighted by Gasteiger charge is 2.25. The second-order valence-electron chi connectivity index (χ2n) is 3.61.